The second kappa shape index (κ2) is 4.16. The van der Waals surface area contributed by atoms with E-state index in [0.29, 0.717) is 6.42 Å². The molecule has 2 N–H and O–H groups in total. The number of hydrogen-bond acceptors (Lipinski definition) is 2. The van der Waals surface area contributed by atoms with Gasteiger partial charge in [-0.05, 0) is 12.0 Å². The summed E-state index contributed by atoms with van der Waals surface area (Å²) in [4.78, 5) is 10.6. The highest BCUT2D eigenvalue weighted by Crippen LogP contribution is 2.06. The maximum absolute atomic E-state index is 10.6. The maximum atomic E-state index is 10.6. The molecule has 0 fully saturated rings. The smallest absolute Gasteiger partial charge is 0.230 e. The second-order valence-electron chi connectivity index (χ2n) is 2.61. The van der Waals surface area contributed by atoms with Crippen molar-refractivity contribution in [3.8, 4) is 0 Å². The number of nitrogens with two attached hydrogens (primary N) is 1. The Morgan fingerprint density at radius 1 is 1.42 bits per heavy atom. The Morgan fingerprint density at radius 2 is 2.00 bits per heavy atom. The molecule has 3 heteroatoms. The molecule has 0 saturated carbocycles. The molecule has 64 valence electrons. The summed E-state index contributed by atoms with van der Waals surface area (Å²) in [7, 11) is 0. The summed E-state index contributed by atoms with van der Waals surface area (Å²) in [5, 5.41) is -0.382. The highest BCUT2D eigenvalue weighted by atomic mass is 32.1. The van der Waals surface area contributed by atoms with E-state index in [1.165, 1.54) is 0 Å². The Bertz CT molecular complexity index is 260. The minimum absolute atomic E-state index is 0.373. The molecule has 0 aliphatic heterocycles. The number of rotatable bonds is 3. The lowest BCUT2D eigenvalue weighted by molar-refractivity contribution is -0.117. The molecule has 1 atom stereocenters. The molecule has 12 heavy (non-hydrogen) atoms. The van der Waals surface area contributed by atoms with Crippen LogP contribution in [0.5, 0.6) is 0 Å². The van der Waals surface area contributed by atoms with Crippen molar-refractivity contribution in [2.75, 3.05) is 0 Å². The average Bonchev–Trinajstić information content (AvgIpc) is 2.06. The Kier molecular flexibility index (Phi) is 3.17. The second-order valence-corrected chi connectivity index (χ2v) is 3.23. The van der Waals surface area contributed by atoms with Crippen molar-refractivity contribution in [1.29, 1.82) is 0 Å². The Morgan fingerprint density at radius 3 is 2.50 bits per heavy atom. The zero-order chi connectivity index (χ0) is 8.97. The van der Waals surface area contributed by atoms with Crippen LogP contribution < -0.4 is 5.73 Å². The number of primary amides is 1. The Labute approximate surface area is 77.2 Å². The molecule has 1 rings (SSSR count). The molecule has 0 aromatic heterocycles. The molecule has 0 unspecified atom stereocenters. The van der Waals surface area contributed by atoms with Gasteiger partial charge in [0.05, 0.1) is 5.25 Å². The van der Waals surface area contributed by atoms with E-state index in [-0.39, 0.29) is 11.2 Å². The summed E-state index contributed by atoms with van der Waals surface area (Å²) < 4.78 is 0. The molecular formula is C9H11NOS. The van der Waals surface area contributed by atoms with Crippen LogP contribution in [0.3, 0.4) is 0 Å². The molecule has 0 heterocycles. The summed E-state index contributed by atoms with van der Waals surface area (Å²) in [6.45, 7) is 0. The average molecular weight is 181 g/mol. The predicted octanol–water partition coefficient (Wildman–Crippen LogP) is 1.01. The third-order valence-electron chi connectivity index (χ3n) is 1.60. The van der Waals surface area contributed by atoms with Gasteiger partial charge in [0.1, 0.15) is 0 Å². The van der Waals surface area contributed by atoms with Gasteiger partial charge in [0.25, 0.3) is 0 Å². The molecule has 0 aliphatic carbocycles. The number of carbonyl (C=O) groups is 1. The zero-order valence-corrected chi connectivity index (χ0v) is 7.50. The maximum Gasteiger partial charge on any atom is 0.230 e. The molecule has 0 spiro atoms. The van der Waals surface area contributed by atoms with Gasteiger partial charge in [0.2, 0.25) is 5.91 Å². The van der Waals surface area contributed by atoms with Crippen molar-refractivity contribution in [2.24, 2.45) is 5.73 Å². The lowest BCUT2D eigenvalue weighted by Gasteiger charge is -2.05. The topological polar surface area (TPSA) is 43.1 Å². The fourth-order valence-corrected chi connectivity index (χ4v) is 1.15. The first-order valence-corrected chi connectivity index (χ1v) is 4.23. The summed E-state index contributed by atoms with van der Waals surface area (Å²) in [5.41, 5.74) is 6.15. The summed E-state index contributed by atoms with van der Waals surface area (Å²) >= 11 is 4.06. The minimum Gasteiger partial charge on any atom is -0.369 e. The van der Waals surface area contributed by atoms with Crippen LogP contribution in [0.4, 0.5) is 0 Å². The molecule has 0 aliphatic rings. The summed E-state index contributed by atoms with van der Waals surface area (Å²) in [5.74, 6) is -0.373. The minimum atomic E-state index is -0.382. The molecular weight excluding hydrogens is 170 g/mol. The first kappa shape index (κ1) is 9.13. The number of amides is 1. The van der Waals surface area contributed by atoms with E-state index in [2.05, 4.69) is 12.6 Å². The molecule has 1 aromatic carbocycles. The van der Waals surface area contributed by atoms with E-state index in [4.69, 9.17) is 5.73 Å². The third-order valence-corrected chi connectivity index (χ3v) is 2.04. The quantitative estimate of drug-likeness (QED) is 0.672. The van der Waals surface area contributed by atoms with Crippen molar-refractivity contribution in [2.45, 2.75) is 11.7 Å². The van der Waals surface area contributed by atoms with Crippen LogP contribution in [0, 0.1) is 0 Å². The van der Waals surface area contributed by atoms with Crippen LogP contribution in [0.2, 0.25) is 0 Å². The van der Waals surface area contributed by atoms with Crippen molar-refractivity contribution >= 4 is 18.5 Å². The number of carbonyl (C=O) groups excluding carboxylic acids is 1. The molecule has 0 saturated heterocycles. The summed E-state index contributed by atoms with van der Waals surface area (Å²) in [6, 6.07) is 9.69. The zero-order valence-electron chi connectivity index (χ0n) is 6.60. The monoisotopic (exact) mass is 181 g/mol. The van der Waals surface area contributed by atoms with E-state index < -0.39 is 0 Å². The molecule has 1 amide bonds. The van der Waals surface area contributed by atoms with Gasteiger partial charge in [-0.1, -0.05) is 30.3 Å². The summed E-state index contributed by atoms with van der Waals surface area (Å²) in [6.07, 6.45) is 0.597. The first-order valence-electron chi connectivity index (χ1n) is 3.71. The molecule has 1 aromatic rings. The normalized spacial score (nSPS) is 12.4. The lowest BCUT2D eigenvalue weighted by atomic mass is 10.1. The largest absolute Gasteiger partial charge is 0.369 e. The lowest BCUT2D eigenvalue weighted by Crippen LogP contribution is -2.25. The van der Waals surface area contributed by atoms with Crippen LogP contribution in [0.25, 0.3) is 0 Å². The van der Waals surface area contributed by atoms with Crippen LogP contribution in [0.1, 0.15) is 5.56 Å². The van der Waals surface area contributed by atoms with E-state index >= 15 is 0 Å². The van der Waals surface area contributed by atoms with Gasteiger partial charge in [-0.3, -0.25) is 4.79 Å². The van der Waals surface area contributed by atoms with Gasteiger partial charge in [-0.15, -0.1) is 0 Å². The standard InChI is InChI=1S/C9H11NOS/c10-9(11)8(12)6-7-4-2-1-3-5-7/h1-5,8,12H,6H2,(H2,10,11)/t8-/m0/s1. The van der Waals surface area contributed by atoms with Crippen LogP contribution in [0.15, 0.2) is 30.3 Å². The number of benzene rings is 1. The van der Waals surface area contributed by atoms with E-state index in [0.717, 1.165) is 5.56 Å². The van der Waals surface area contributed by atoms with Crippen LogP contribution in [-0.4, -0.2) is 11.2 Å². The highest BCUT2D eigenvalue weighted by Gasteiger charge is 2.09. The van der Waals surface area contributed by atoms with Gasteiger partial charge in [-0.2, -0.15) is 12.6 Å². The van der Waals surface area contributed by atoms with Crippen molar-refractivity contribution in [3.63, 3.8) is 0 Å². The fourth-order valence-electron chi connectivity index (χ4n) is 0.938. The van der Waals surface area contributed by atoms with E-state index in [1.807, 2.05) is 30.3 Å². The van der Waals surface area contributed by atoms with Gasteiger partial charge >= 0.3 is 0 Å². The van der Waals surface area contributed by atoms with Crippen LogP contribution in [-0.2, 0) is 11.2 Å². The SMILES string of the molecule is NC(=O)[C@@H](S)Cc1ccccc1. The first-order chi connectivity index (χ1) is 5.70. The third kappa shape index (κ3) is 2.58. The van der Waals surface area contributed by atoms with Crippen molar-refractivity contribution < 1.29 is 4.79 Å². The molecule has 0 bridgehead atoms. The fraction of sp³-hybridized carbons (Fsp3) is 0.222. The van der Waals surface area contributed by atoms with E-state index in [1.54, 1.807) is 0 Å². The van der Waals surface area contributed by atoms with E-state index in [9.17, 15) is 4.79 Å². The number of hydrogen-bond donors (Lipinski definition) is 2. The van der Waals surface area contributed by atoms with Gasteiger partial charge in [0, 0.05) is 0 Å². The Hall–Kier alpha value is -0.960. The predicted molar refractivity (Wildman–Crippen MR) is 52.1 cm³/mol. The van der Waals surface area contributed by atoms with Gasteiger partial charge in [-0.25, -0.2) is 0 Å². The molecule has 0 radical (unpaired) electrons. The van der Waals surface area contributed by atoms with Crippen LogP contribution >= 0.6 is 12.6 Å². The number of thiol groups is 1. The Balaban J connectivity index is 2.58. The molecule has 2 nitrogen and oxygen atoms in total. The van der Waals surface area contributed by atoms with Gasteiger partial charge in [0.15, 0.2) is 0 Å². The van der Waals surface area contributed by atoms with Gasteiger partial charge < -0.3 is 5.73 Å². The van der Waals surface area contributed by atoms with Crippen molar-refractivity contribution in [1.82, 2.24) is 0 Å². The van der Waals surface area contributed by atoms with Crippen molar-refractivity contribution in [3.05, 3.63) is 35.9 Å². The highest BCUT2D eigenvalue weighted by molar-refractivity contribution is 7.81.